The normalized spacial score (nSPS) is 21.9. The minimum absolute atomic E-state index is 0.0651. The molecule has 0 amide bonds. The fourth-order valence-corrected chi connectivity index (χ4v) is 2.26. The van der Waals surface area contributed by atoms with Crippen molar-refractivity contribution in [3.05, 3.63) is 23.8 Å². The lowest BCUT2D eigenvalue weighted by Gasteiger charge is -2.27. The molecule has 0 aliphatic heterocycles. The molecule has 4 nitrogen and oxygen atoms in total. The molecule has 104 valence electrons. The third-order valence-electron chi connectivity index (χ3n) is 3.19. The second-order valence-corrected chi connectivity index (χ2v) is 4.70. The van der Waals surface area contributed by atoms with Crippen molar-refractivity contribution >= 4 is 5.97 Å². The van der Waals surface area contributed by atoms with Crippen molar-refractivity contribution in [2.75, 3.05) is 6.61 Å². The molecular weight excluding hydrogens is 254 g/mol. The predicted molar refractivity (Wildman–Crippen MR) is 64.1 cm³/mol. The highest BCUT2D eigenvalue weighted by atomic mass is 19.3. The number of hydrogen-bond acceptors (Lipinski definition) is 4. The molecule has 1 aliphatic carbocycles. The Hall–Kier alpha value is -1.59. The number of ether oxygens (including phenoxy) is 1. The van der Waals surface area contributed by atoms with E-state index in [1.165, 1.54) is 12.4 Å². The average Bonchev–Trinajstić information content (AvgIpc) is 2.38. The van der Waals surface area contributed by atoms with Crippen LogP contribution in [0.2, 0.25) is 0 Å². The van der Waals surface area contributed by atoms with E-state index >= 15 is 0 Å². The molecule has 6 heteroatoms. The summed E-state index contributed by atoms with van der Waals surface area (Å²) in [7, 11) is 0. The molecule has 0 spiro atoms. The summed E-state index contributed by atoms with van der Waals surface area (Å²) in [5.74, 6) is -3.08. The Bertz CT molecular complexity index is 448. The van der Waals surface area contributed by atoms with Crippen molar-refractivity contribution in [2.45, 2.75) is 44.4 Å². The van der Waals surface area contributed by atoms with Crippen molar-refractivity contribution in [3.8, 4) is 0 Å². The molecule has 2 rings (SSSR count). The maximum atomic E-state index is 13.3. The van der Waals surface area contributed by atoms with Crippen LogP contribution >= 0.6 is 0 Å². The van der Waals surface area contributed by atoms with Gasteiger partial charge in [0, 0.05) is 31.2 Å². The largest absolute Gasteiger partial charge is 0.462 e. The van der Waals surface area contributed by atoms with Crippen molar-refractivity contribution < 1.29 is 18.3 Å². The van der Waals surface area contributed by atoms with Gasteiger partial charge < -0.3 is 4.74 Å². The fourth-order valence-electron chi connectivity index (χ4n) is 2.26. The van der Waals surface area contributed by atoms with Gasteiger partial charge in [-0.3, -0.25) is 0 Å². The van der Waals surface area contributed by atoms with Crippen molar-refractivity contribution in [1.29, 1.82) is 0 Å². The Morgan fingerprint density at radius 3 is 2.74 bits per heavy atom. The number of rotatable bonds is 3. The molecule has 1 fully saturated rings. The first kappa shape index (κ1) is 13.8. The molecule has 1 saturated carbocycles. The maximum absolute atomic E-state index is 13.3. The van der Waals surface area contributed by atoms with E-state index < -0.39 is 11.9 Å². The fraction of sp³-hybridized carbons (Fsp3) is 0.615. The van der Waals surface area contributed by atoms with Gasteiger partial charge >= 0.3 is 5.97 Å². The Kier molecular flexibility index (Phi) is 4.07. The lowest BCUT2D eigenvalue weighted by Crippen LogP contribution is -2.26. The van der Waals surface area contributed by atoms with Crippen LogP contribution in [0.5, 0.6) is 0 Å². The monoisotopic (exact) mass is 270 g/mol. The van der Waals surface area contributed by atoms with Crippen LogP contribution in [-0.4, -0.2) is 28.5 Å². The van der Waals surface area contributed by atoms with Crippen LogP contribution in [0.15, 0.2) is 12.4 Å². The molecule has 1 aromatic heterocycles. The molecule has 1 aromatic rings. The predicted octanol–water partition coefficient (Wildman–Crippen LogP) is 2.95. The van der Waals surface area contributed by atoms with Crippen molar-refractivity contribution in [1.82, 2.24) is 9.97 Å². The summed E-state index contributed by atoms with van der Waals surface area (Å²) in [6, 6.07) is 0. The van der Waals surface area contributed by atoms with E-state index in [0.717, 1.165) is 0 Å². The number of nitrogens with zero attached hydrogens (tertiary/aromatic N) is 2. The number of aromatic nitrogens is 2. The molecule has 0 saturated heterocycles. The lowest BCUT2D eigenvalue weighted by atomic mass is 9.86. The third-order valence-corrected chi connectivity index (χ3v) is 3.19. The van der Waals surface area contributed by atoms with Gasteiger partial charge in [0.2, 0.25) is 5.92 Å². The quantitative estimate of drug-likeness (QED) is 0.792. The zero-order valence-corrected chi connectivity index (χ0v) is 10.7. The van der Waals surface area contributed by atoms with E-state index in [9.17, 15) is 13.6 Å². The lowest BCUT2D eigenvalue weighted by molar-refractivity contribution is -0.0417. The molecule has 1 unspecified atom stereocenters. The smallest absolute Gasteiger partial charge is 0.341 e. The number of esters is 1. The van der Waals surface area contributed by atoms with Crippen LogP contribution < -0.4 is 0 Å². The Balaban J connectivity index is 2.08. The topological polar surface area (TPSA) is 52.1 Å². The number of carbonyl (C=O) groups excluding carboxylic acids is 1. The van der Waals surface area contributed by atoms with E-state index in [-0.39, 0.29) is 30.9 Å². The molecule has 0 bridgehead atoms. The molecule has 0 aromatic carbocycles. The first-order valence-corrected chi connectivity index (χ1v) is 6.39. The molecular formula is C13H16F2N2O2. The number of alkyl halides is 2. The summed E-state index contributed by atoms with van der Waals surface area (Å²) in [5.41, 5.74) is 0.244. The number of halogens is 2. The van der Waals surface area contributed by atoms with E-state index in [1.807, 2.05) is 0 Å². The molecule has 0 N–H and O–H groups in total. The Morgan fingerprint density at radius 1 is 1.47 bits per heavy atom. The van der Waals surface area contributed by atoms with Gasteiger partial charge in [-0.15, -0.1) is 0 Å². The molecule has 19 heavy (non-hydrogen) atoms. The maximum Gasteiger partial charge on any atom is 0.341 e. The van der Waals surface area contributed by atoms with Crippen LogP contribution in [0.3, 0.4) is 0 Å². The first-order valence-electron chi connectivity index (χ1n) is 6.39. The molecule has 1 aliphatic rings. The van der Waals surface area contributed by atoms with Crippen molar-refractivity contribution in [2.24, 2.45) is 0 Å². The highest BCUT2D eigenvalue weighted by molar-refractivity contribution is 5.88. The minimum atomic E-state index is -2.63. The van der Waals surface area contributed by atoms with Gasteiger partial charge in [-0.1, -0.05) is 0 Å². The second kappa shape index (κ2) is 5.59. The Labute approximate surface area is 110 Å². The number of hydrogen-bond donors (Lipinski definition) is 0. The third kappa shape index (κ3) is 3.45. The minimum Gasteiger partial charge on any atom is -0.462 e. The van der Waals surface area contributed by atoms with Crippen LogP contribution in [0.25, 0.3) is 0 Å². The van der Waals surface area contributed by atoms with E-state index in [4.69, 9.17) is 4.74 Å². The van der Waals surface area contributed by atoms with Crippen LogP contribution in [0.1, 0.15) is 54.7 Å². The van der Waals surface area contributed by atoms with Crippen LogP contribution in [0.4, 0.5) is 8.78 Å². The van der Waals surface area contributed by atoms with E-state index in [0.29, 0.717) is 18.7 Å². The van der Waals surface area contributed by atoms with E-state index in [2.05, 4.69) is 9.97 Å². The van der Waals surface area contributed by atoms with Crippen LogP contribution in [0, 0.1) is 0 Å². The molecule has 1 atom stereocenters. The summed E-state index contributed by atoms with van der Waals surface area (Å²) in [6.07, 6.45) is 3.53. The van der Waals surface area contributed by atoms with Gasteiger partial charge in [-0.05, 0) is 19.8 Å². The van der Waals surface area contributed by atoms with Gasteiger partial charge in [0.15, 0.2) is 0 Å². The second-order valence-electron chi connectivity index (χ2n) is 4.70. The highest BCUT2D eigenvalue weighted by Gasteiger charge is 2.37. The zero-order valence-electron chi connectivity index (χ0n) is 10.7. The summed E-state index contributed by atoms with van der Waals surface area (Å²) in [5, 5.41) is 0. The van der Waals surface area contributed by atoms with Gasteiger partial charge in [-0.2, -0.15) is 0 Å². The van der Waals surface area contributed by atoms with Crippen molar-refractivity contribution in [3.63, 3.8) is 0 Å². The average molecular weight is 270 g/mol. The molecule has 1 heterocycles. The van der Waals surface area contributed by atoms with Gasteiger partial charge in [0.25, 0.3) is 0 Å². The zero-order chi connectivity index (χ0) is 13.9. The SMILES string of the molecule is CCOC(=O)c1cnc(C2CCCC(F)(F)C2)nc1. The van der Waals surface area contributed by atoms with Crippen LogP contribution in [-0.2, 0) is 4.74 Å². The standard InChI is InChI=1S/C13H16F2N2O2/c1-2-19-12(18)10-7-16-11(17-8-10)9-4-3-5-13(14,15)6-9/h7-9H,2-6H2,1H3. The van der Waals surface area contributed by atoms with Gasteiger partial charge in [-0.25, -0.2) is 23.5 Å². The summed E-state index contributed by atoms with van der Waals surface area (Å²) < 4.78 is 31.4. The van der Waals surface area contributed by atoms with Gasteiger partial charge in [0.05, 0.1) is 12.2 Å². The number of carbonyl (C=O) groups is 1. The first-order chi connectivity index (χ1) is 9.02. The molecule has 0 radical (unpaired) electrons. The van der Waals surface area contributed by atoms with E-state index in [1.54, 1.807) is 6.92 Å². The summed E-state index contributed by atoms with van der Waals surface area (Å²) >= 11 is 0. The summed E-state index contributed by atoms with van der Waals surface area (Å²) in [6.45, 7) is 1.98. The highest BCUT2D eigenvalue weighted by Crippen LogP contribution is 2.40. The van der Waals surface area contributed by atoms with Gasteiger partial charge in [0.1, 0.15) is 5.82 Å². The Morgan fingerprint density at radius 2 is 2.16 bits per heavy atom. The summed E-state index contributed by atoms with van der Waals surface area (Å²) in [4.78, 5) is 19.5.